The van der Waals surface area contributed by atoms with Gasteiger partial charge in [-0.05, 0) is 13.8 Å². The van der Waals surface area contributed by atoms with Gasteiger partial charge in [-0.3, -0.25) is 10.4 Å². The number of nitrogens with two attached hydrogens (primary N) is 1. The first-order valence-corrected chi connectivity index (χ1v) is 3.26. The van der Waals surface area contributed by atoms with Crippen molar-refractivity contribution in [1.29, 1.82) is 5.41 Å². The van der Waals surface area contributed by atoms with E-state index in [0.717, 1.165) is 5.69 Å². The third kappa shape index (κ3) is 1.52. The first-order chi connectivity index (χ1) is 5.11. The van der Waals surface area contributed by atoms with Gasteiger partial charge in [-0.1, -0.05) is 0 Å². The van der Waals surface area contributed by atoms with Crippen LogP contribution in [0.4, 0.5) is 0 Å². The summed E-state index contributed by atoms with van der Waals surface area (Å²) in [4.78, 5) is 8.08. The maximum Gasteiger partial charge on any atom is 0.143 e. The van der Waals surface area contributed by atoms with Crippen molar-refractivity contribution in [3.63, 3.8) is 0 Å². The van der Waals surface area contributed by atoms with Crippen molar-refractivity contribution in [3.05, 3.63) is 23.3 Å². The van der Waals surface area contributed by atoms with Crippen LogP contribution in [0.5, 0.6) is 0 Å². The Morgan fingerprint density at radius 3 is 2.64 bits per heavy atom. The van der Waals surface area contributed by atoms with E-state index in [0.29, 0.717) is 11.4 Å². The van der Waals surface area contributed by atoms with Crippen LogP contribution in [0.1, 0.15) is 17.1 Å². The Balaban J connectivity index is 3.23. The van der Waals surface area contributed by atoms with Gasteiger partial charge in [0.15, 0.2) is 0 Å². The lowest BCUT2D eigenvalue weighted by Gasteiger charge is -2.01. The van der Waals surface area contributed by atoms with E-state index >= 15 is 0 Å². The molecular weight excluding hydrogens is 140 g/mol. The molecule has 4 heteroatoms. The number of hydrogen-bond donors (Lipinski definition) is 2. The Bertz CT molecular complexity index is 292. The number of aromatic nitrogens is 2. The molecule has 1 aromatic rings. The van der Waals surface area contributed by atoms with Crippen molar-refractivity contribution in [2.45, 2.75) is 13.8 Å². The van der Waals surface area contributed by atoms with E-state index in [-0.39, 0.29) is 5.84 Å². The molecule has 58 valence electrons. The normalized spacial score (nSPS) is 9.64. The largest absolute Gasteiger partial charge is 0.382 e. The summed E-state index contributed by atoms with van der Waals surface area (Å²) in [5.74, 6) is -0.0290. The Kier molecular flexibility index (Phi) is 1.85. The molecule has 0 aliphatic heterocycles. The molecule has 0 spiro atoms. The summed E-state index contributed by atoms with van der Waals surface area (Å²) < 4.78 is 0. The minimum atomic E-state index is -0.0290. The maximum absolute atomic E-state index is 7.15. The summed E-state index contributed by atoms with van der Waals surface area (Å²) in [6.45, 7) is 3.60. The monoisotopic (exact) mass is 150 g/mol. The summed E-state index contributed by atoms with van der Waals surface area (Å²) in [5, 5.41) is 7.15. The van der Waals surface area contributed by atoms with E-state index < -0.39 is 0 Å². The summed E-state index contributed by atoms with van der Waals surface area (Å²) in [5.41, 5.74) is 7.22. The average molecular weight is 150 g/mol. The van der Waals surface area contributed by atoms with Crippen molar-refractivity contribution in [2.24, 2.45) is 5.73 Å². The second kappa shape index (κ2) is 2.65. The topological polar surface area (TPSA) is 75.7 Å². The average Bonchev–Trinajstić information content (AvgIpc) is 1.94. The Labute approximate surface area is 65.0 Å². The molecule has 0 fully saturated rings. The third-order valence-corrected chi connectivity index (χ3v) is 1.33. The quantitative estimate of drug-likeness (QED) is 0.448. The smallest absolute Gasteiger partial charge is 0.143 e. The van der Waals surface area contributed by atoms with Crippen LogP contribution in [0.15, 0.2) is 6.20 Å². The van der Waals surface area contributed by atoms with Crippen LogP contribution >= 0.6 is 0 Å². The number of aryl methyl sites for hydroxylation is 2. The van der Waals surface area contributed by atoms with Crippen LogP contribution in [0, 0.1) is 19.3 Å². The van der Waals surface area contributed by atoms with E-state index in [2.05, 4.69) is 9.97 Å². The van der Waals surface area contributed by atoms with Gasteiger partial charge in [-0.25, -0.2) is 4.98 Å². The maximum atomic E-state index is 7.15. The lowest BCUT2D eigenvalue weighted by molar-refractivity contribution is 1.04. The fourth-order valence-corrected chi connectivity index (χ4v) is 0.793. The summed E-state index contributed by atoms with van der Waals surface area (Å²) in [6.07, 6.45) is 1.65. The van der Waals surface area contributed by atoms with Gasteiger partial charge in [0.2, 0.25) is 0 Å². The summed E-state index contributed by atoms with van der Waals surface area (Å²) in [6, 6.07) is 0. The molecule has 0 atom stereocenters. The van der Waals surface area contributed by atoms with Crippen molar-refractivity contribution in [1.82, 2.24) is 9.97 Å². The van der Waals surface area contributed by atoms with Crippen LogP contribution in [-0.2, 0) is 0 Å². The fourth-order valence-electron chi connectivity index (χ4n) is 0.793. The zero-order chi connectivity index (χ0) is 8.43. The molecule has 0 aliphatic carbocycles. The van der Waals surface area contributed by atoms with Crippen LogP contribution in [0.3, 0.4) is 0 Å². The molecule has 0 saturated carbocycles. The first kappa shape index (κ1) is 7.65. The van der Waals surface area contributed by atoms with Crippen molar-refractivity contribution < 1.29 is 0 Å². The van der Waals surface area contributed by atoms with Gasteiger partial charge < -0.3 is 5.73 Å². The van der Waals surface area contributed by atoms with Crippen LogP contribution < -0.4 is 5.73 Å². The number of nitrogens with one attached hydrogen (secondary N) is 1. The molecule has 4 nitrogen and oxygen atoms in total. The predicted octanol–water partition coefficient (Wildman–Crippen LogP) is 0.378. The Morgan fingerprint density at radius 1 is 1.55 bits per heavy atom. The van der Waals surface area contributed by atoms with E-state index in [1.165, 1.54) is 0 Å². The SMILES string of the molecule is Cc1cnc(C)c(C(=N)N)n1. The summed E-state index contributed by atoms with van der Waals surface area (Å²) >= 11 is 0. The molecule has 0 bridgehead atoms. The molecule has 1 rings (SSSR count). The molecule has 0 aliphatic rings. The number of rotatable bonds is 1. The molecule has 1 aromatic heterocycles. The number of hydrogen-bond acceptors (Lipinski definition) is 3. The minimum absolute atomic E-state index is 0.0290. The van der Waals surface area contributed by atoms with Gasteiger partial charge in [-0.2, -0.15) is 0 Å². The number of amidine groups is 1. The first-order valence-electron chi connectivity index (χ1n) is 3.26. The number of nitrogens with zero attached hydrogens (tertiary/aromatic N) is 2. The fraction of sp³-hybridized carbons (Fsp3) is 0.286. The van der Waals surface area contributed by atoms with Crippen LogP contribution in [0.2, 0.25) is 0 Å². The van der Waals surface area contributed by atoms with Gasteiger partial charge in [0.25, 0.3) is 0 Å². The highest BCUT2D eigenvalue weighted by molar-refractivity contribution is 5.93. The zero-order valence-electron chi connectivity index (χ0n) is 6.55. The molecule has 0 amide bonds. The molecule has 0 radical (unpaired) electrons. The molecule has 1 heterocycles. The molecule has 0 saturated heterocycles. The Morgan fingerprint density at radius 2 is 2.18 bits per heavy atom. The standard InChI is InChI=1S/C7H10N4/c1-4-3-10-5(2)6(11-4)7(8)9/h3H,1-2H3,(H3,8,9). The minimum Gasteiger partial charge on any atom is -0.382 e. The molecule has 11 heavy (non-hydrogen) atoms. The van der Waals surface area contributed by atoms with E-state index in [1.54, 1.807) is 13.1 Å². The van der Waals surface area contributed by atoms with E-state index in [9.17, 15) is 0 Å². The van der Waals surface area contributed by atoms with E-state index in [4.69, 9.17) is 11.1 Å². The summed E-state index contributed by atoms with van der Waals surface area (Å²) in [7, 11) is 0. The molecule has 0 aromatic carbocycles. The van der Waals surface area contributed by atoms with Gasteiger partial charge in [0, 0.05) is 6.20 Å². The van der Waals surface area contributed by atoms with Gasteiger partial charge in [0.05, 0.1) is 11.4 Å². The van der Waals surface area contributed by atoms with Gasteiger partial charge >= 0.3 is 0 Å². The number of nitrogen functional groups attached to an aromatic ring is 1. The van der Waals surface area contributed by atoms with Crippen LogP contribution in [-0.4, -0.2) is 15.8 Å². The van der Waals surface area contributed by atoms with Crippen LogP contribution in [0.25, 0.3) is 0 Å². The van der Waals surface area contributed by atoms with Crippen molar-refractivity contribution >= 4 is 5.84 Å². The highest BCUT2D eigenvalue weighted by Crippen LogP contribution is 2.00. The van der Waals surface area contributed by atoms with Gasteiger partial charge in [-0.15, -0.1) is 0 Å². The molecule has 3 N–H and O–H groups in total. The lowest BCUT2D eigenvalue weighted by Crippen LogP contribution is -2.16. The van der Waals surface area contributed by atoms with Crippen molar-refractivity contribution in [3.8, 4) is 0 Å². The highest BCUT2D eigenvalue weighted by Gasteiger charge is 2.03. The third-order valence-electron chi connectivity index (χ3n) is 1.33. The highest BCUT2D eigenvalue weighted by atomic mass is 14.9. The van der Waals surface area contributed by atoms with Crippen molar-refractivity contribution in [2.75, 3.05) is 0 Å². The Hall–Kier alpha value is -1.45. The van der Waals surface area contributed by atoms with Gasteiger partial charge in [0.1, 0.15) is 11.5 Å². The second-order valence-corrected chi connectivity index (χ2v) is 2.36. The van der Waals surface area contributed by atoms with E-state index in [1.807, 2.05) is 6.92 Å². The second-order valence-electron chi connectivity index (χ2n) is 2.36. The molecule has 0 unspecified atom stereocenters. The molecular formula is C7H10N4. The predicted molar refractivity (Wildman–Crippen MR) is 42.5 cm³/mol. The zero-order valence-corrected chi connectivity index (χ0v) is 6.55. The lowest BCUT2D eigenvalue weighted by atomic mass is 10.3.